The maximum Gasteiger partial charge on any atom is 0.329 e. The van der Waals surface area contributed by atoms with Gasteiger partial charge in [0.25, 0.3) is 0 Å². The molecule has 0 spiro atoms. The van der Waals surface area contributed by atoms with Crippen molar-refractivity contribution in [2.45, 2.75) is 45.1 Å². The Morgan fingerprint density at radius 1 is 1.37 bits per heavy atom. The number of hydrogen-bond acceptors (Lipinski definition) is 3. The quantitative estimate of drug-likeness (QED) is 0.759. The van der Waals surface area contributed by atoms with Gasteiger partial charge in [0.1, 0.15) is 5.54 Å². The summed E-state index contributed by atoms with van der Waals surface area (Å²) in [6.45, 7) is 4.80. The van der Waals surface area contributed by atoms with Crippen LogP contribution in [0.15, 0.2) is 0 Å². The van der Waals surface area contributed by atoms with Crippen molar-refractivity contribution in [3.63, 3.8) is 0 Å². The lowest BCUT2D eigenvalue weighted by atomic mass is 10.00. The number of carbonyl (C=O) groups is 2. The van der Waals surface area contributed by atoms with Crippen LogP contribution >= 0.6 is 0 Å². The van der Waals surface area contributed by atoms with E-state index < -0.39 is 11.5 Å². The van der Waals surface area contributed by atoms with Crippen molar-refractivity contribution in [2.75, 3.05) is 26.2 Å². The summed E-state index contributed by atoms with van der Waals surface area (Å²) in [5.41, 5.74) is -1.11. The monoisotopic (exact) mass is 272 g/mol. The molecule has 6 nitrogen and oxygen atoms in total. The van der Waals surface area contributed by atoms with E-state index in [1.807, 2.05) is 6.92 Å². The van der Waals surface area contributed by atoms with Crippen molar-refractivity contribution in [2.24, 2.45) is 0 Å². The molecule has 1 fully saturated rings. The molecule has 1 heterocycles. The fourth-order valence-electron chi connectivity index (χ4n) is 2.44. The fraction of sp³-hybridized carbons (Fsp3) is 0.846. The summed E-state index contributed by atoms with van der Waals surface area (Å²) in [7, 11) is 0. The molecule has 110 valence electrons. The number of nitrogens with zero attached hydrogens (tertiary/aromatic N) is 2. The number of likely N-dealkylation sites (tertiary alicyclic amines) is 1. The number of aliphatic hydroxyl groups is 1. The topological polar surface area (TPSA) is 81.1 Å². The van der Waals surface area contributed by atoms with Gasteiger partial charge in [-0.1, -0.05) is 13.3 Å². The first-order valence-corrected chi connectivity index (χ1v) is 6.88. The van der Waals surface area contributed by atoms with E-state index in [2.05, 4.69) is 0 Å². The van der Waals surface area contributed by atoms with Crippen molar-refractivity contribution < 1.29 is 19.8 Å². The summed E-state index contributed by atoms with van der Waals surface area (Å²) in [5.74, 6) is -0.960. The number of urea groups is 1. The highest BCUT2D eigenvalue weighted by atomic mass is 16.4. The van der Waals surface area contributed by atoms with E-state index in [4.69, 9.17) is 5.11 Å². The third kappa shape index (κ3) is 3.37. The van der Waals surface area contributed by atoms with E-state index >= 15 is 0 Å². The normalized spacial score (nSPS) is 22.6. The summed E-state index contributed by atoms with van der Waals surface area (Å²) < 4.78 is 0. The van der Waals surface area contributed by atoms with E-state index in [1.54, 1.807) is 11.8 Å². The first-order valence-electron chi connectivity index (χ1n) is 6.88. The van der Waals surface area contributed by atoms with Crippen LogP contribution in [-0.4, -0.2) is 63.8 Å². The molecule has 2 amide bonds. The average molecular weight is 272 g/mol. The van der Waals surface area contributed by atoms with Crippen LogP contribution in [-0.2, 0) is 4.79 Å². The second-order valence-electron chi connectivity index (χ2n) is 5.18. The Morgan fingerprint density at radius 3 is 2.58 bits per heavy atom. The van der Waals surface area contributed by atoms with E-state index in [0.717, 1.165) is 12.8 Å². The predicted octanol–water partition coefficient (Wildman–Crippen LogP) is 1.14. The van der Waals surface area contributed by atoms with Crippen molar-refractivity contribution in [1.82, 2.24) is 9.80 Å². The second kappa shape index (κ2) is 6.75. The van der Waals surface area contributed by atoms with Gasteiger partial charge in [-0.25, -0.2) is 9.59 Å². The van der Waals surface area contributed by atoms with Gasteiger partial charge in [-0.05, 0) is 26.2 Å². The van der Waals surface area contributed by atoms with Crippen molar-refractivity contribution >= 4 is 12.0 Å². The molecule has 1 atom stereocenters. The predicted molar refractivity (Wildman–Crippen MR) is 70.9 cm³/mol. The van der Waals surface area contributed by atoms with Gasteiger partial charge in [0, 0.05) is 19.6 Å². The molecule has 0 bridgehead atoms. The molecule has 0 aliphatic carbocycles. The molecule has 19 heavy (non-hydrogen) atoms. The zero-order valence-corrected chi connectivity index (χ0v) is 11.8. The summed E-state index contributed by atoms with van der Waals surface area (Å²) in [4.78, 5) is 26.8. The lowest BCUT2D eigenvalue weighted by Crippen LogP contribution is -2.55. The first kappa shape index (κ1) is 15.8. The van der Waals surface area contributed by atoms with E-state index in [-0.39, 0.29) is 19.2 Å². The molecule has 1 aliphatic rings. The Morgan fingerprint density at radius 2 is 2.05 bits per heavy atom. The maximum atomic E-state index is 12.4. The standard InChI is InChI=1S/C13H24N2O4/c1-3-4-7-14(9-10-16)12(19)15-8-5-6-13(15,2)11(17)18/h16H,3-10H2,1-2H3,(H,17,18). The molecule has 1 saturated heterocycles. The molecule has 1 unspecified atom stereocenters. The van der Waals surface area contributed by atoms with Crippen LogP contribution < -0.4 is 0 Å². The molecule has 0 aromatic carbocycles. The number of unbranched alkanes of at least 4 members (excludes halogenated alkanes) is 1. The highest BCUT2D eigenvalue weighted by Gasteiger charge is 2.46. The van der Waals surface area contributed by atoms with Gasteiger partial charge in [0.2, 0.25) is 0 Å². The number of aliphatic carboxylic acids is 1. The van der Waals surface area contributed by atoms with Crippen LogP contribution in [0, 0.1) is 0 Å². The molecular weight excluding hydrogens is 248 g/mol. The smallest absolute Gasteiger partial charge is 0.329 e. The molecule has 6 heteroatoms. The summed E-state index contributed by atoms with van der Waals surface area (Å²) >= 11 is 0. The fourth-order valence-corrected chi connectivity index (χ4v) is 2.44. The van der Waals surface area contributed by atoms with Crippen LogP contribution in [0.2, 0.25) is 0 Å². The maximum absolute atomic E-state index is 12.4. The highest BCUT2D eigenvalue weighted by Crippen LogP contribution is 2.30. The van der Waals surface area contributed by atoms with E-state index in [0.29, 0.717) is 25.9 Å². The largest absolute Gasteiger partial charge is 0.480 e. The molecule has 0 aromatic heterocycles. The van der Waals surface area contributed by atoms with Gasteiger partial charge in [-0.3, -0.25) is 0 Å². The summed E-state index contributed by atoms with van der Waals surface area (Å²) in [6, 6.07) is -0.273. The summed E-state index contributed by atoms with van der Waals surface area (Å²) in [5, 5.41) is 18.4. The van der Waals surface area contributed by atoms with Gasteiger partial charge >= 0.3 is 12.0 Å². The van der Waals surface area contributed by atoms with Crippen molar-refractivity contribution in [3.05, 3.63) is 0 Å². The molecular formula is C13H24N2O4. The molecule has 0 saturated carbocycles. The second-order valence-corrected chi connectivity index (χ2v) is 5.18. The van der Waals surface area contributed by atoms with Crippen LogP contribution in [0.4, 0.5) is 4.79 Å². The van der Waals surface area contributed by atoms with Crippen LogP contribution in [0.5, 0.6) is 0 Å². The first-order chi connectivity index (χ1) is 8.97. The number of carbonyl (C=O) groups excluding carboxylic acids is 1. The number of hydrogen-bond donors (Lipinski definition) is 2. The Bertz CT molecular complexity index is 335. The van der Waals surface area contributed by atoms with Crippen LogP contribution in [0.1, 0.15) is 39.5 Å². The third-order valence-electron chi connectivity index (χ3n) is 3.75. The number of amides is 2. The van der Waals surface area contributed by atoms with Crippen molar-refractivity contribution in [3.8, 4) is 0 Å². The van der Waals surface area contributed by atoms with Crippen molar-refractivity contribution in [1.29, 1.82) is 0 Å². The minimum atomic E-state index is -1.11. The van der Waals surface area contributed by atoms with E-state index in [1.165, 1.54) is 4.90 Å². The highest BCUT2D eigenvalue weighted by molar-refractivity contribution is 5.86. The SMILES string of the molecule is CCCCN(CCO)C(=O)N1CCCC1(C)C(=O)O. The molecule has 1 rings (SSSR count). The molecule has 0 radical (unpaired) electrons. The average Bonchev–Trinajstić information content (AvgIpc) is 2.77. The Balaban J connectivity index is 2.80. The van der Waals surface area contributed by atoms with E-state index in [9.17, 15) is 14.7 Å². The van der Waals surface area contributed by atoms with Gasteiger partial charge in [0.05, 0.1) is 6.61 Å². The van der Waals surface area contributed by atoms with Crippen LogP contribution in [0.25, 0.3) is 0 Å². The van der Waals surface area contributed by atoms with Gasteiger partial charge in [-0.2, -0.15) is 0 Å². The third-order valence-corrected chi connectivity index (χ3v) is 3.75. The van der Waals surface area contributed by atoms with Gasteiger partial charge in [-0.15, -0.1) is 0 Å². The minimum Gasteiger partial charge on any atom is -0.480 e. The number of aliphatic hydroxyl groups excluding tert-OH is 1. The minimum absolute atomic E-state index is 0.104. The molecule has 2 N–H and O–H groups in total. The Labute approximate surface area is 114 Å². The Kier molecular flexibility index (Phi) is 5.60. The Hall–Kier alpha value is -1.30. The number of carboxylic acid groups (broad SMARTS) is 1. The molecule has 0 aromatic rings. The zero-order valence-electron chi connectivity index (χ0n) is 11.8. The number of carboxylic acids is 1. The lowest BCUT2D eigenvalue weighted by Gasteiger charge is -2.35. The van der Waals surface area contributed by atoms with Gasteiger partial charge in [0.15, 0.2) is 0 Å². The molecule has 1 aliphatic heterocycles. The van der Waals surface area contributed by atoms with Gasteiger partial charge < -0.3 is 20.0 Å². The van der Waals surface area contributed by atoms with Crippen LogP contribution in [0.3, 0.4) is 0 Å². The summed E-state index contributed by atoms with van der Waals surface area (Å²) in [6.07, 6.45) is 2.98. The lowest BCUT2D eigenvalue weighted by molar-refractivity contribution is -0.147. The zero-order chi connectivity index (χ0) is 14.5. The number of rotatable bonds is 6.